The molecular weight excluding hydrogens is 274 g/mol. The molecule has 0 aliphatic carbocycles. The van der Waals surface area contributed by atoms with E-state index in [9.17, 15) is 15.3 Å². The molecule has 1 heterocycles. The van der Waals surface area contributed by atoms with E-state index in [1.165, 1.54) is 12.1 Å². The summed E-state index contributed by atoms with van der Waals surface area (Å²) in [6, 6.07) is 11.3. The topological polar surface area (TPSA) is 96.1 Å². The summed E-state index contributed by atoms with van der Waals surface area (Å²) in [6.07, 6.45) is 3.64. The van der Waals surface area contributed by atoms with E-state index in [0.29, 0.717) is 15.9 Å². The summed E-state index contributed by atoms with van der Waals surface area (Å²) in [5, 5.41) is 25.4. The Bertz CT molecular complexity index is 837. The van der Waals surface area contributed by atoms with Gasteiger partial charge in [0.1, 0.15) is 0 Å². The maximum atomic E-state index is 11.2. The highest BCUT2D eigenvalue weighted by Gasteiger charge is 2.08. The lowest BCUT2D eigenvalue weighted by Gasteiger charge is -1.94. The molecule has 21 heavy (non-hydrogen) atoms. The number of nitrogens with zero attached hydrogens (tertiary/aromatic N) is 3. The average Bonchev–Trinajstić information content (AvgIpc) is 2.86. The van der Waals surface area contributed by atoms with Gasteiger partial charge in [0.15, 0.2) is 0 Å². The van der Waals surface area contributed by atoms with Gasteiger partial charge < -0.3 is 5.21 Å². The van der Waals surface area contributed by atoms with Gasteiger partial charge in [-0.15, -0.1) is 0 Å². The first kappa shape index (κ1) is 12.8. The number of hydrogen-bond acceptors (Lipinski definition) is 5. The number of aromatic nitrogens is 2. The standard InChI is InChI=1S/C14H9N3O4/c18-16(19)12-6-3-10(4-7-12)1-2-11-5-8-14-13(9-11)15-21-17(14)20/h1-9H/b2-1-. The van der Waals surface area contributed by atoms with Crippen molar-refractivity contribution >= 4 is 28.9 Å². The highest BCUT2D eigenvalue weighted by atomic mass is 16.8. The Labute approximate surface area is 118 Å². The number of nitro benzene ring substituents is 1. The molecule has 0 saturated carbocycles. The lowest BCUT2D eigenvalue weighted by atomic mass is 10.1. The van der Waals surface area contributed by atoms with Crippen LogP contribution in [0.3, 0.4) is 0 Å². The van der Waals surface area contributed by atoms with E-state index >= 15 is 0 Å². The normalized spacial score (nSPS) is 11.2. The highest BCUT2D eigenvalue weighted by Crippen LogP contribution is 2.16. The first-order valence-corrected chi connectivity index (χ1v) is 6.05. The molecule has 7 nitrogen and oxygen atoms in total. The summed E-state index contributed by atoms with van der Waals surface area (Å²) in [7, 11) is 0. The Balaban J connectivity index is 1.85. The molecule has 104 valence electrons. The van der Waals surface area contributed by atoms with Gasteiger partial charge in [0, 0.05) is 23.4 Å². The summed E-state index contributed by atoms with van der Waals surface area (Å²) in [4.78, 5) is 10.5. The van der Waals surface area contributed by atoms with Crippen LogP contribution in [-0.2, 0) is 0 Å². The number of non-ortho nitro benzene ring substituents is 1. The van der Waals surface area contributed by atoms with Crippen molar-refractivity contribution in [2.75, 3.05) is 0 Å². The minimum atomic E-state index is -0.440. The quantitative estimate of drug-likeness (QED) is 0.318. The van der Waals surface area contributed by atoms with Crippen molar-refractivity contribution in [1.29, 1.82) is 0 Å². The van der Waals surface area contributed by atoms with Gasteiger partial charge in [-0.25, -0.2) is 0 Å². The fraction of sp³-hybridized carbons (Fsp3) is 0. The summed E-state index contributed by atoms with van der Waals surface area (Å²) in [5.41, 5.74) is 2.56. The maximum Gasteiger partial charge on any atom is 0.269 e. The van der Waals surface area contributed by atoms with E-state index in [1.54, 1.807) is 30.3 Å². The monoisotopic (exact) mass is 283 g/mol. The molecular formula is C14H9N3O4. The van der Waals surface area contributed by atoms with E-state index in [0.717, 1.165) is 11.1 Å². The van der Waals surface area contributed by atoms with E-state index in [2.05, 4.69) is 9.79 Å². The predicted octanol–water partition coefficient (Wildman–Crippen LogP) is 2.54. The van der Waals surface area contributed by atoms with Crippen molar-refractivity contribution in [2.24, 2.45) is 0 Å². The third kappa shape index (κ3) is 2.57. The van der Waals surface area contributed by atoms with Crippen LogP contribution in [0.4, 0.5) is 5.69 Å². The Morgan fingerprint density at radius 3 is 2.48 bits per heavy atom. The van der Waals surface area contributed by atoms with Crippen LogP contribution in [-0.4, -0.2) is 10.1 Å². The van der Waals surface area contributed by atoms with Crippen LogP contribution in [0.5, 0.6) is 0 Å². The largest absolute Gasteiger partial charge is 0.359 e. The second-order valence-electron chi connectivity index (χ2n) is 4.36. The van der Waals surface area contributed by atoms with Crippen LogP contribution in [0, 0.1) is 15.3 Å². The minimum Gasteiger partial charge on any atom is -0.359 e. The van der Waals surface area contributed by atoms with Gasteiger partial charge in [-0.05, 0) is 34.2 Å². The van der Waals surface area contributed by atoms with Crippen molar-refractivity contribution in [3.63, 3.8) is 0 Å². The van der Waals surface area contributed by atoms with Gasteiger partial charge >= 0.3 is 0 Å². The van der Waals surface area contributed by atoms with Crippen molar-refractivity contribution in [2.45, 2.75) is 0 Å². The highest BCUT2D eigenvalue weighted by molar-refractivity contribution is 5.78. The molecule has 3 rings (SSSR count). The average molecular weight is 283 g/mol. The molecule has 7 heteroatoms. The number of hydrogen-bond donors (Lipinski definition) is 0. The van der Waals surface area contributed by atoms with Crippen molar-refractivity contribution in [1.82, 2.24) is 5.16 Å². The molecule has 0 radical (unpaired) electrons. The molecule has 1 aromatic heterocycles. The third-order valence-electron chi connectivity index (χ3n) is 2.98. The molecule has 0 N–H and O–H groups in total. The molecule has 3 aromatic rings. The maximum absolute atomic E-state index is 11.2. The van der Waals surface area contributed by atoms with Gasteiger partial charge in [-0.3, -0.25) is 14.7 Å². The molecule has 2 aromatic carbocycles. The lowest BCUT2D eigenvalue weighted by molar-refractivity contribution is -0.782. The fourth-order valence-corrected chi connectivity index (χ4v) is 1.90. The van der Waals surface area contributed by atoms with Crippen LogP contribution < -0.4 is 4.90 Å². The first-order valence-electron chi connectivity index (χ1n) is 6.05. The van der Waals surface area contributed by atoms with Crippen molar-refractivity contribution < 1.29 is 14.5 Å². The van der Waals surface area contributed by atoms with Gasteiger partial charge in [-0.1, -0.05) is 18.2 Å². The van der Waals surface area contributed by atoms with Crippen LogP contribution >= 0.6 is 0 Å². The van der Waals surface area contributed by atoms with Crippen LogP contribution in [0.2, 0.25) is 0 Å². The Hall–Kier alpha value is -3.22. The number of rotatable bonds is 3. The lowest BCUT2D eigenvalue weighted by Crippen LogP contribution is -2.22. The van der Waals surface area contributed by atoms with Crippen molar-refractivity contribution in [3.8, 4) is 0 Å². The Morgan fingerprint density at radius 2 is 1.76 bits per heavy atom. The van der Waals surface area contributed by atoms with Gasteiger partial charge in [0.05, 0.1) is 4.92 Å². The Kier molecular flexibility index (Phi) is 3.07. The summed E-state index contributed by atoms with van der Waals surface area (Å²) >= 11 is 0. The smallest absolute Gasteiger partial charge is 0.269 e. The van der Waals surface area contributed by atoms with Crippen LogP contribution in [0.25, 0.3) is 23.2 Å². The predicted molar refractivity (Wildman–Crippen MR) is 75.0 cm³/mol. The molecule has 0 bridgehead atoms. The molecule has 0 unspecified atom stereocenters. The summed E-state index contributed by atoms with van der Waals surface area (Å²) < 4.78 is 4.49. The zero-order valence-corrected chi connectivity index (χ0v) is 10.7. The molecule has 0 atom stereocenters. The molecule has 0 saturated heterocycles. The zero-order valence-electron chi connectivity index (χ0n) is 10.7. The van der Waals surface area contributed by atoms with E-state index in [4.69, 9.17) is 0 Å². The molecule has 0 aliphatic heterocycles. The number of nitro groups is 1. The summed E-state index contributed by atoms with van der Waals surface area (Å²) in [6.45, 7) is 0. The molecule has 0 spiro atoms. The fourth-order valence-electron chi connectivity index (χ4n) is 1.90. The van der Waals surface area contributed by atoms with E-state index in [-0.39, 0.29) is 5.69 Å². The second-order valence-corrected chi connectivity index (χ2v) is 4.36. The third-order valence-corrected chi connectivity index (χ3v) is 2.98. The van der Waals surface area contributed by atoms with Crippen molar-refractivity contribution in [3.05, 3.63) is 68.9 Å². The van der Waals surface area contributed by atoms with E-state index in [1.807, 2.05) is 12.2 Å². The van der Waals surface area contributed by atoms with E-state index < -0.39 is 4.92 Å². The molecule has 0 amide bonds. The van der Waals surface area contributed by atoms with Gasteiger partial charge in [0.2, 0.25) is 11.0 Å². The second kappa shape index (κ2) is 5.04. The van der Waals surface area contributed by atoms with Gasteiger partial charge in [0.25, 0.3) is 5.69 Å². The summed E-state index contributed by atoms with van der Waals surface area (Å²) in [5.74, 6) is 0. The minimum absolute atomic E-state index is 0.0520. The Morgan fingerprint density at radius 1 is 1.10 bits per heavy atom. The SMILES string of the molecule is O=[N+]([O-])c1ccc(/C=C\c2ccc3c(c2)no[n+]3[O-])cc1. The molecule has 0 fully saturated rings. The number of fused-ring (bicyclic) bond motifs is 1. The zero-order chi connectivity index (χ0) is 14.8. The van der Waals surface area contributed by atoms with Crippen LogP contribution in [0.1, 0.15) is 11.1 Å². The first-order chi connectivity index (χ1) is 10.1. The van der Waals surface area contributed by atoms with Crippen LogP contribution in [0.15, 0.2) is 47.1 Å². The van der Waals surface area contributed by atoms with Gasteiger partial charge in [-0.2, -0.15) is 0 Å². The number of benzene rings is 2. The molecule has 0 aliphatic rings.